The number of amides is 1. The van der Waals surface area contributed by atoms with Crippen LogP contribution in [0.2, 0.25) is 0 Å². The zero-order valence-corrected chi connectivity index (χ0v) is 15.9. The molecule has 1 fully saturated rings. The first-order valence-electron chi connectivity index (χ1n) is 8.64. The number of rotatable bonds is 4. The standard InChI is InChI=1S/C19H25N3O4/c1-12-10-22(11-13(2)26-12)19(23)17-9-16(20-21(17)3)15-7-6-14(24-4)8-18(15)25-5/h6-9,12-13H,10-11H2,1-5H3. The topological polar surface area (TPSA) is 65.8 Å². The van der Waals surface area contributed by atoms with Crippen LogP contribution in [-0.4, -0.2) is 60.1 Å². The summed E-state index contributed by atoms with van der Waals surface area (Å²) in [6, 6.07) is 7.33. The Hall–Kier alpha value is -2.54. The average molecular weight is 359 g/mol. The molecule has 0 spiro atoms. The fourth-order valence-electron chi connectivity index (χ4n) is 3.31. The Balaban J connectivity index is 1.91. The molecule has 1 aromatic heterocycles. The van der Waals surface area contributed by atoms with Gasteiger partial charge < -0.3 is 19.1 Å². The van der Waals surface area contributed by atoms with Crippen molar-refractivity contribution in [3.05, 3.63) is 30.0 Å². The van der Waals surface area contributed by atoms with Crippen molar-refractivity contribution >= 4 is 5.91 Å². The third kappa shape index (κ3) is 3.53. The lowest BCUT2D eigenvalue weighted by Gasteiger charge is -2.35. The minimum absolute atomic E-state index is 0.0251. The molecule has 7 heteroatoms. The SMILES string of the molecule is COc1ccc(-c2cc(C(=O)N3CC(C)OC(C)C3)n(C)n2)c(OC)c1. The van der Waals surface area contributed by atoms with Crippen LogP contribution in [-0.2, 0) is 11.8 Å². The highest BCUT2D eigenvalue weighted by atomic mass is 16.5. The molecule has 140 valence electrons. The van der Waals surface area contributed by atoms with Crippen LogP contribution in [0.15, 0.2) is 24.3 Å². The summed E-state index contributed by atoms with van der Waals surface area (Å²) < 4.78 is 18.0. The van der Waals surface area contributed by atoms with Gasteiger partial charge in [-0.1, -0.05) is 0 Å². The number of hydrogen-bond acceptors (Lipinski definition) is 5. The van der Waals surface area contributed by atoms with Crippen molar-refractivity contribution in [3.63, 3.8) is 0 Å². The zero-order chi connectivity index (χ0) is 18.8. The highest BCUT2D eigenvalue weighted by Gasteiger charge is 2.28. The van der Waals surface area contributed by atoms with E-state index in [4.69, 9.17) is 14.2 Å². The summed E-state index contributed by atoms with van der Waals surface area (Å²) in [6.07, 6.45) is 0.0501. The maximum atomic E-state index is 13.0. The van der Waals surface area contributed by atoms with E-state index in [-0.39, 0.29) is 18.1 Å². The van der Waals surface area contributed by atoms with Crippen molar-refractivity contribution in [1.82, 2.24) is 14.7 Å². The van der Waals surface area contributed by atoms with Gasteiger partial charge in [-0.3, -0.25) is 9.48 Å². The third-order valence-electron chi connectivity index (χ3n) is 4.49. The predicted molar refractivity (Wildman–Crippen MR) is 97.7 cm³/mol. The average Bonchev–Trinajstić information content (AvgIpc) is 3.01. The Morgan fingerprint density at radius 3 is 2.46 bits per heavy atom. The fourth-order valence-corrected chi connectivity index (χ4v) is 3.31. The van der Waals surface area contributed by atoms with Gasteiger partial charge in [-0.15, -0.1) is 0 Å². The van der Waals surface area contributed by atoms with Gasteiger partial charge in [0.2, 0.25) is 0 Å². The van der Waals surface area contributed by atoms with E-state index in [2.05, 4.69) is 5.10 Å². The summed E-state index contributed by atoms with van der Waals surface area (Å²) >= 11 is 0. The molecule has 26 heavy (non-hydrogen) atoms. The van der Waals surface area contributed by atoms with Crippen molar-refractivity contribution in [2.45, 2.75) is 26.1 Å². The van der Waals surface area contributed by atoms with Crippen LogP contribution in [0.5, 0.6) is 11.5 Å². The summed E-state index contributed by atoms with van der Waals surface area (Å²) in [4.78, 5) is 14.8. The van der Waals surface area contributed by atoms with E-state index in [1.807, 2.05) is 30.9 Å². The summed E-state index contributed by atoms with van der Waals surface area (Å²) in [7, 11) is 4.99. The minimum Gasteiger partial charge on any atom is -0.497 e. The zero-order valence-electron chi connectivity index (χ0n) is 15.9. The van der Waals surface area contributed by atoms with Gasteiger partial charge in [-0.25, -0.2) is 0 Å². The largest absolute Gasteiger partial charge is 0.497 e. The second kappa shape index (κ2) is 7.37. The van der Waals surface area contributed by atoms with E-state index in [1.165, 1.54) is 0 Å². The Bertz CT molecular complexity index is 792. The molecule has 0 radical (unpaired) electrons. The maximum Gasteiger partial charge on any atom is 0.272 e. The van der Waals surface area contributed by atoms with Gasteiger partial charge in [0.1, 0.15) is 17.2 Å². The van der Waals surface area contributed by atoms with Gasteiger partial charge in [0.25, 0.3) is 5.91 Å². The number of aromatic nitrogens is 2. The van der Waals surface area contributed by atoms with Crippen molar-refractivity contribution in [3.8, 4) is 22.8 Å². The number of benzene rings is 1. The molecule has 1 saturated heterocycles. The molecule has 2 atom stereocenters. The lowest BCUT2D eigenvalue weighted by Crippen LogP contribution is -2.48. The molecule has 1 aromatic carbocycles. The molecule has 1 aliphatic rings. The van der Waals surface area contributed by atoms with Crippen LogP contribution < -0.4 is 9.47 Å². The van der Waals surface area contributed by atoms with Crippen LogP contribution in [0.1, 0.15) is 24.3 Å². The van der Waals surface area contributed by atoms with Gasteiger partial charge >= 0.3 is 0 Å². The number of hydrogen-bond donors (Lipinski definition) is 0. The van der Waals surface area contributed by atoms with Crippen LogP contribution in [0, 0.1) is 0 Å². The summed E-state index contributed by atoms with van der Waals surface area (Å²) in [5, 5.41) is 4.52. The number of aryl methyl sites for hydroxylation is 1. The van der Waals surface area contributed by atoms with Crippen LogP contribution in [0.4, 0.5) is 0 Å². The van der Waals surface area contributed by atoms with Crippen LogP contribution >= 0.6 is 0 Å². The molecular weight excluding hydrogens is 334 g/mol. The van der Waals surface area contributed by atoms with E-state index in [0.29, 0.717) is 36.0 Å². The normalized spacial score (nSPS) is 20.1. The molecule has 2 aromatic rings. The monoisotopic (exact) mass is 359 g/mol. The van der Waals surface area contributed by atoms with Crippen LogP contribution in [0.3, 0.4) is 0 Å². The first kappa shape index (κ1) is 18.3. The highest BCUT2D eigenvalue weighted by Crippen LogP contribution is 2.33. The molecule has 3 rings (SSSR count). The molecule has 0 saturated carbocycles. The van der Waals surface area contributed by atoms with E-state index >= 15 is 0 Å². The lowest BCUT2D eigenvalue weighted by molar-refractivity contribution is -0.0588. The summed E-state index contributed by atoms with van der Waals surface area (Å²) in [6.45, 7) is 5.12. The molecule has 7 nitrogen and oxygen atoms in total. The van der Waals surface area contributed by atoms with Crippen molar-refractivity contribution in [1.29, 1.82) is 0 Å². The second-order valence-electron chi connectivity index (χ2n) is 6.57. The summed E-state index contributed by atoms with van der Waals surface area (Å²) in [5.74, 6) is 1.31. The number of methoxy groups -OCH3 is 2. The minimum atomic E-state index is -0.0410. The number of morpholine rings is 1. The third-order valence-corrected chi connectivity index (χ3v) is 4.49. The van der Waals surface area contributed by atoms with Gasteiger partial charge in [0.05, 0.1) is 32.1 Å². The van der Waals surface area contributed by atoms with E-state index in [0.717, 1.165) is 5.56 Å². The molecule has 0 N–H and O–H groups in total. The van der Waals surface area contributed by atoms with Gasteiger partial charge in [0, 0.05) is 31.8 Å². The van der Waals surface area contributed by atoms with Crippen molar-refractivity contribution in [2.75, 3.05) is 27.3 Å². The number of carbonyl (C=O) groups excluding carboxylic acids is 1. The quantitative estimate of drug-likeness (QED) is 0.838. The second-order valence-corrected chi connectivity index (χ2v) is 6.57. The molecule has 0 aliphatic carbocycles. The predicted octanol–water partition coefficient (Wildman–Crippen LogP) is 2.35. The molecule has 1 amide bonds. The molecule has 2 unspecified atom stereocenters. The van der Waals surface area contributed by atoms with Crippen LogP contribution in [0.25, 0.3) is 11.3 Å². The number of carbonyl (C=O) groups is 1. The van der Waals surface area contributed by atoms with Gasteiger partial charge in [0.15, 0.2) is 0 Å². The molecule has 0 bridgehead atoms. The first-order valence-corrected chi connectivity index (χ1v) is 8.64. The smallest absolute Gasteiger partial charge is 0.272 e. The Kier molecular flexibility index (Phi) is 5.18. The summed E-state index contributed by atoms with van der Waals surface area (Å²) in [5.41, 5.74) is 2.04. The lowest BCUT2D eigenvalue weighted by atomic mass is 10.1. The molecular formula is C19H25N3O4. The molecule has 2 heterocycles. The Morgan fingerprint density at radius 2 is 1.85 bits per heavy atom. The fraction of sp³-hybridized carbons (Fsp3) is 0.474. The first-order chi connectivity index (χ1) is 12.4. The Labute approximate surface area is 153 Å². The van der Waals surface area contributed by atoms with Gasteiger partial charge in [-0.2, -0.15) is 5.10 Å². The van der Waals surface area contributed by atoms with E-state index in [1.54, 1.807) is 38.1 Å². The number of nitrogens with zero attached hydrogens (tertiary/aromatic N) is 3. The highest BCUT2D eigenvalue weighted by molar-refractivity contribution is 5.94. The Morgan fingerprint density at radius 1 is 1.15 bits per heavy atom. The van der Waals surface area contributed by atoms with Crippen molar-refractivity contribution < 1.29 is 19.0 Å². The number of ether oxygens (including phenoxy) is 3. The van der Waals surface area contributed by atoms with E-state index < -0.39 is 0 Å². The molecule has 1 aliphatic heterocycles. The van der Waals surface area contributed by atoms with Crippen molar-refractivity contribution in [2.24, 2.45) is 7.05 Å². The van der Waals surface area contributed by atoms with E-state index in [9.17, 15) is 4.79 Å². The maximum absolute atomic E-state index is 13.0. The van der Waals surface area contributed by atoms with Gasteiger partial charge in [-0.05, 0) is 32.0 Å².